The van der Waals surface area contributed by atoms with Gasteiger partial charge in [-0.25, -0.2) is 0 Å². The largest absolute Gasteiger partial charge is 0.361 e. The molecule has 0 heterocycles. The van der Waals surface area contributed by atoms with Crippen molar-refractivity contribution in [2.75, 3.05) is 0 Å². The van der Waals surface area contributed by atoms with Crippen LogP contribution in [-0.2, 0) is 29.6 Å². The van der Waals surface area contributed by atoms with Gasteiger partial charge in [-0.3, -0.25) is 9.59 Å². The first-order valence-corrected chi connectivity index (χ1v) is 9.79. The minimum atomic E-state index is -4.93. The van der Waals surface area contributed by atoms with Gasteiger partial charge >= 0.3 is 11.8 Å². The van der Waals surface area contributed by atoms with Crippen molar-refractivity contribution in [2.45, 2.75) is 9.79 Å². The van der Waals surface area contributed by atoms with Crippen molar-refractivity contribution in [3.63, 3.8) is 0 Å². The number of nitrogens with zero attached hydrogens (tertiary/aromatic N) is 1. The third kappa shape index (κ3) is 3.65. The van der Waals surface area contributed by atoms with Crippen LogP contribution >= 0.6 is 11.6 Å². The zero-order valence-electron chi connectivity index (χ0n) is 12.4. The Morgan fingerprint density at radius 1 is 0.800 bits per heavy atom. The van der Waals surface area contributed by atoms with Crippen molar-refractivity contribution in [2.24, 2.45) is 5.73 Å². The summed E-state index contributed by atoms with van der Waals surface area (Å²) in [6, 6.07) is 10.7. The monoisotopic (exact) mass is 402 g/mol. The topological polar surface area (TPSA) is 132 Å². The fourth-order valence-corrected chi connectivity index (χ4v) is 5.48. The summed E-state index contributed by atoms with van der Waals surface area (Å²) in [6.45, 7) is 0. The Hall–Kier alpha value is -2.43. The van der Waals surface area contributed by atoms with E-state index in [-0.39, 0.29) is 5.02 Å². The van der Waals surface area contributed by atoms with Crippen molar-refractivity contribution in [3.8, 4) is 0 Å². The van der Waals surface area contributed by atoms with Gasteiger partial charge in [-0.15, -0.1) is 3.71 Å². The van der Waals surface area contributed by atoms with Crippen LogP contribution in [0.25, 0.3) is 0 Å². The summed E-state index contributed by atoms with van der Waals surface area (Å²) in [5.74, 6) is -3.64. The SMILES string of the molecule is NC(=O)C(=O)N(S(=O)(=O)c1ccccc1)S(=O)(=O)c1ccc(Cl)cc1. The molecule has 2 N–H and O–H groups in total. The number of sulfonamides is 2. The number of amides is 2. The minimum Gasteiger partial charge on any atom is -0.361 e. The fraction of sp³-hybridized carbons (Fsp3) is 0. The van der Waals surface area contributed by atoms with Crippen molar-refractivity contribution < 1.29 is 26.4 Å². The van der Waals surface area contributed by atoms with Crippen molar-refractivity contribution in [3.05, 3.63) is 59.6 Å². The number of carbonyl (C=O) groups excluding carboxylic acids is 2. The molecule has 0 unspecified atom stereocenters. The molecular formula is C14H11ClN2O6S2. The van der Waals surface area contributed by atoms with Crippen molar-refractivity contribution >= 4 is 43.5 Å². The van der Waals surface area contributed by atoms with Crippen LogP contribution in [0, 0.1) is 0 Å². The molecule has 0 saturated carbocycles. The Morgan fingerprint density at radius 3 is 1.68 bits per heavy atom. The summed E-state index contributed by atoms with van der Waals surface area (Å²) in [5, 5.41) is 0.192. The summed E-state index contributed by atoms with van der Waals surface area (Å²) in [5.41, 5.74) is 4.83. The van der Waals surface area contributed by atoms with Gasteiger partial charge in [-0.05, 0) is 36.4 Å². The number of primary amides is 1. The molecule has 2 rings (SSSR count). The van der Waals surface area contributed by atoms with Crippen LogP contribution in [0.3, 0.4) is 0 Å². The summed E-state index contributed by atoms with van der Waals surface area (Å²) in [7, 11) is -9.83. The number of rotatable bonds is 4. The number of hydrogen-bond donors (Lipinski definition) is 1. The molecule has 0 spiro atoms. The van der Waals surface area contributed by atoms with Gasteiger partial charge in [0.05, 0.1) is 9.79 Å². The second-order valence-electron chi connectivity index (χ2n) is 4.64. The standard InChI is InChI=1S/C14H11ClN2O6S2/c15-10-6-8-12(9-7-10)25(22,23)17(14(19)13(16)18)24(20,21)11-4-2-1-3-5-11/h1-9H,(H2,16,18). The predicted molar refractivity (Wildman–Crippen MR) is 88.3 cm³/mol. The molecular weight excluding hydrogens is 392 g/mol. The average molecular weight is 403 g/mol. The highest BCUT2D eigenvalue weighted by Gasteiger charge is 2.42. The predicted octanol–water partition coefficient (Wildman–Crippen LogP) is 0.732. The first-order chi connectivity index (χ1) is 11.6. The lowest BCUT2D eigenvalue weighted by atomic mass is 10.4. The van der Waals surface area contributed by atoms with Gasteiger partial charge in [0.25, 0.3) is 20.0 Å². The molecule has 8 nitrogen and oxygen atoms in total. The van der Waals surface area contributed by atoms with E-state index in [0.717, 1.165) is 24.3 Å². The molecule has 132 valence electrons. The highest BCUT2D eigenvalue weighted by molar-refractivity contribution is 8.05. The smallest absolute Gasteiger partial charge is 0.339 e. The van der Waals surface area contributed by atoms with Crippen LogP contribution in [0.15, 0.2) is 64.4 Å². The van der Waals surface area contributed by atoms with Gasteiger partial charge in [0.1, 0.15) is 0 Å². The first-order valence-electron chi connectivity index (χ1n) is 6.53. The highest BCUT2D eigenvalue weighted by atomic mass is 35.5. The minimum absolute atomic E-state index is 0.192. The van der Waals surface area contributed by atoms with Gasteiger partial charge in [0.15, 0.2) is 0 Å². The summed E-state index contributed by atoms with van der Waals surface area (Å²) >= 11 is 5.67. The molecule has 0 aliphatic rings. The third-order valence-electron chi connectivity index (χ3n) is 2.97. The maximum atomic E-state index is 12.7. The van der Waals surface area contributed by atoms with Gasteiger partial charge in [-0.1, -0.05) is 29.8 Å². The van der Waals surface area contributed by atoms with E-state index in [1.807, 2.05) is 0 Å². The Bertz CT molecular complexity index is 1020. The second-order valence-corrected chi connectivity index (χ2v) is 8.88. The summed E-state index contributed by atoms with van der Waals surface area (Å²) in [6.07, 6.45) is 0. The Morgan fingerprint density at radius 2 is 1.24 bits per heavy atom. The molecule has 0 saturated heterocycles. The lowest BCUT2D eigenvalue weighted by Gasteiger charge is -2.20. The molecule has 0 atom stereocenters. The van der Waals surface area contributed by atoms with Crippen LogP contribution in [0.5, 0.6) is 0 Å². The van der Waals surface area contributed by atoms with Gasteiger partial charge in [0, 0.05) is 5.02 Å². The Labute approximate surface area is 148 Å². The van der Waals surface area contributed by atoms with Crippen LogP contribution in [-0.4, -0.2) is 32.4 Å². The van der Waals surface area contributed by atoms with Crippen LogP contribution in [0.2, 0.25) is 5.02 Å². The van der Waals surface area contributed by atoms with Crippen LogP contribution < -0.4 is 5.73 Å². The van der Waals surface area contributed by atoms with E-state index in [1.165, 1.54) is 30.3 Å². The molecule has 0 aliphatic carbocycles. The number of benzene rings is 2. The maximum Gasteiger partial charge on any atom is 0.339 e. The van der Waals surface area contributed by atoms with E-state index in [4.69, 9.17) is 17.3 Å². The molecule has 0 radical (unpaired) electrons. The van der Waals surface area contributed by atoms with Crippen molar-refractivity contribution in [1.82, 2.24) is 3.71 Å². The second kappa shape index (κ2) is 6.82. The zero-order chi connectivity index (χ0) is 18.8. The average Bonchev–Trinajstić information content (AvgIpc) is 2.55. The molecule has 0 fully saturated rings. The van der Waals surface area contributed by atoms with Crippen LogP contribution in [0.4, 0.5) is 0 Å². The molecule has 11 heteroatoms. The normalized spacial score (nSPS) is 11.7. The van der Waals surface area contributed by atoms with E-state index in [0.29, 0.717) is 0 Å². The van der Waals surface area contributed by atoms with E-state index < -0.39 is 45.4 Å². The molecule has 0 bridgehead atoms. The summed E-state index contributed by atoms with van der Waals surface area (Å²) in [4.78, 5) is 22.2. The molecule has 2 aromatic carbocycles. The Balaban J connectivity index is 2.71. The lowest BCUT2D eigenvalue weighted by molar-refractivity contribution is -0.138. The van der Waals surface area contributed by atoms with Gasteiger partial charge < -0.3 is 5.73 Å². The fourth-order valence-electron chi connectivity index (χ4n) is 1.83. The van der Waals surface area contributed by atoms with Crippen molar-refractivity contribution in [1.29, 1.82) is 0 Å². The van der Waals surface area contributed by atoms with Gasteiger partial charge in [-0.2, -0.15) is 16.8 Å². The van der Waals surface area contributed by atoms with Gasteiger partial charge in [0.2, 0.25) is 0 Å². The highest BCUT2D eigenvalue weighted by Crippen LogP contribution is 2.25. The first kappa shape index (κ1) is 18.9. The molecule has 0 aromatic heterocycles. The van der Waals surface area contributed by atoms with E-state index in [1.54, 1.807) is 0 Å². The van der Waals surface area contributed by atoms with E-state index >= 15 is 0 Å². The quantitative estimate of drug-likeness (QED) is 0.750. The molecule has 0 aliphatic heterocycles. The Kier molecular flexibility index (Phi) is 5.16. The van der Waals surface area contributed by atoms with E-state index in [2.05, 4.69) is 0 Å². The van der Waals surface area contributed by atoms with Crippen LogP contribution in [0.1, 0.15) is 0 Å². The number of carbonyl (C=O) groups is 2. The number of halogens is 1. The lowest BCUT2D eigenvalue weighted by Crippen LogP contribution is -2.47. The van der Waals surface area contributed by atoms with E-state index in [9.17, 15) is 26.4 Å². The molecule has 2 aromatic rings. The third-order valence-corrected chi connectivity index (χ3v) is 7.34. The number of nitrogens with two attached hydrogens (primary N) is 1. The molecule has 25 heavy (non-hydrogen) atoms. The summed E-state index contributed by atoms with van der Waals surface area (Å²) < 4.78 is 50.2. The molecule has 2 amide bonds. The number of hydrogen-bond acceptors (Lipinski definition) is 6. The maximum absolute atomic E-state index is 12.7. The zero-order valence-corrected chi connectivity index (χ0v) is 14.8.